The first-order valence-corrected chi connectivity index (χ1v) is 9.15. The minimum atomic E-state index is -0.396. The van der Waals surface area contributed by atoms with Gasteiger partial charge < -0.3 is 15.1 Å². The molecule has 0 radical (unpaired) electrons. The number of halogens is 2. The molecule has 0 spiro atoms. The number of amides is 3. The van der Waals surface area contributed by atoms with Gasteiger partial charge in [-0.05, 0) is 24.6 Å². The highest BCUT2D eigenvalue weighted by atomic mass is 35.5. The lowest BCUT2D eigenvalue weighted by Crippen LogP contribution is -2.55. The second-order valence-electron chi connectivity index (χ2n) is 7.37. The summed E-state index contributed by atoms with van der Waals surface area (Å²) in [5.74, 6) is 0.122. The average molecular weight is 386 g/mol. The highest BCUT2D eigenvalue weighted by Crippen LogP contribution is 2.25. The summed E-state index contributed by atoms with van der Waals surface area (Å²) in [4.78, 5) is 28.3. The van der Waals surface area contributed by atoms with Gasteiger partial charge >= 0.3 is 6.03 Å². The lowest BCUT2D eigenvalue weighted by atomic mass is 9.94. The Morgan fingerprint density at radius 3 is 2.12 bits per heavy atom. The van der Waals surface area contributed by atoms with E-state index in [0.29, 0.717) is 36.2 Å². The lowest BCUT2D eigenvalue weighted by Gasteiger charge is -2.38. The Morgan fingerprint density at radius 2 is 1.60 bits per heavy atom. The van der Waals surface area contributed by atoms with Gasteiger partial charge in [-0.15, -0.1) is 0 Å². The molecule has 1 fully saturated rings. The SMILES string of the molecule is CC(NC(=O)N1CCN(C(=O)C(C)(C)C)CC1)c1ccc(Cl)c(Cl)c1. The van der Waals surface area contributed by atoms with Crippen molar-refractivity contribution in [2.75, 3.05) is 26.2 Å². The molecular weight excluding hydrogens is 361 g/mol. The molecule has 7 heteroatoms. The molecular formula is C18H25Cl2N3O2. The Morgan fingerprint density at radius 1 is 1.04 bits per heavy atom. The molecule has 138 valence electrons. The van der Waals surface area contributed by atoms with E-state index >= 15 is 0 Å². The molecule has 1 aromatic rings. The van der Waals surface area contributed by atoms with Gasteiger partial charge in [-0.3, -0.25) is 4.79 Å². The Hall–Kier alpha value is -1.46. The standard InChI is InChI=1S/C18H25Cl2N3O2/c1-12(13-5-6-14(19)15(20)11-13)21-17(25)23-9-7-22(8-10-23)16(24)18(2,3)4/h5-6,11-12H,7-10H2,1-4H3,(H,21,25). The molecule has 5 nitrogen and oxygen atoms in total. The molecule has 0 bridgehead atoms. The second kappa shape index (κ2) is 7.83. The number of carbonyl (C=O) groups excluding carboxylic acids is 2. The van der Waals surface area contributed by atoms with Crippen LogP contribution in [0.15, 0.2) is 18.2 Å². The van der Waals surface area contributed by atoms with Gasteiger partial charge in [0.2, 0.25) is 5.91 Å². The minimum Gasteiger partial charge on any atom is -0.339 e. The zero-order chi connectivity index (χ0) is 18.8. The van der Waals surface area contributed by atoms with Crippen molar-refractivity contribution in [1.29, 1.82) is 0 Å². The van der Waals surface area contributed by atoms with E-state index in [9.17, 15) is 9.59 Å². The number of hydrogen-bond donors (Lipinski definition) is 1. The van der Waals surface area contributed by atoms with Gasteiger partial charge in [0.25, 0.3) is 0 Å². The summed E-state index contributed by atoms with van der Waals surface area (Å²) < 4.78 is 0. The molecule has 0 aromatic heterocycles. The maximum atomic E-state index is 12.5. The third-order valence-corrected chi connectivity index (χ3v) is 5.02. The van der Waals surface area contributed by atoms with Crippen LogP contribution in [-0.4, -0.2) is 47.9 Å². The fraction of sp³-hybridized carbons (Fsp3) is 0.556. The second-order valence-corrected chi connectivity index (χ2v) is 8.19. The molecule has 1 heterocycles. The Labute approximate surface area is 159 Å². The van der Waals surface area contributed by atoms with Crippen LogP contribution in [0.3, 0.4) is 0 Å². The predicted octanol–water partition coefficient (Wildman–Crippen LogP) is 3.95. The average Bonchev–Trinajstić information content (AvgIpc) is 2.55. The summed E-state index contributed by atoms with van der Waals surface area (Å²) in [7, 11) is 0. The Balaban J connectivity index is 1.90. The molecule has 1 unspecified atom stereocenters. The third-order valence-electron chi connectivity index (χ3n) is 4.28. The summed E-state index contributed by atoms with van der Waals surface area (Å²) in [6.07, 6.45) is 0. The first-order chi connectivity index (χ1) is 11.6. The van der Waals surface area contributed by atoms with Crippen LogP contribution in [0, 0.1) is 5.41 Å². The van der Waals surface area contributed by atoms with Gasteiger partial charge in [-0.1, -0.05) is 50.0 Å². The number of nitrogens with zero attached hydrogens (tertiary/aromatic N) is 2. The van der Waals surface area contributed by atoms with E-state index in [1.807, 2.05) is 38.7 Å². The number of hydrogen-bond acceptors (Lipinski definition) is 2. The van der Waals surface area contributed by atoms with Crippen molar-refractivity contribution < 1.29 is 9.59 Å². The molecule has 1 atom stereocenters. The number of piperazine rings is 1. The van der Waals surface area contributed by atoms with Gasteiger partial charge in [0.1, 0.15) is 0 Å². The quantitative estimate of drug-likeness (QED) is 0.837. The normalized spacial score (nSPS) is 16.6. The maximum absolute atomic E-state index is 12.5. The lowest BCUT2D eigenvalue weighted by molar-refractivity contribution is -0.140. The van der Waals surface area contributed by atoms with E-state index in [0.717, 1.165) is 5.56 Å². The molecule has 0 aliphatic carbocycles. The van der Waals surface area contributed by atoms with Gasteiger partial charge in [-0.2, -0.15) is 0 Å². The van der Waals surface area contributed by atoms with Crippen LogP contribution in [0.5, 0.6) is 0 Å². The molecule has 1 aliphatic heterocycles. The van der Waals surface area contributed by atoms with Crippen molar-refractivity contribution in [2.45, 2.75) is 33.7 Å². The van der Waals surface area contributed by atoms with Crippen LogP contribution in [0.4, 0.5) is 4.79 Å². The molecule has 2 rings (SSSR count). The monoisotopic (exact) mass is 385 g/mol. The molecule has 1 saturated heterocycles. The van der Waals surface area contributed by atoms with Crippen LogP contribution in [0.1, 0.15) is 39.3 Å². The van der Waals surface area contributed by atoms with E-state index in [1.54, 1.807) is 17.0 Å². The van der Waals surface area contributed by atoms with Crippen molar-refractivity contribution in [2.24, 2.45) is 5.41 Å². The number of rotatable bonds is 2. The van der Waals surface area contributed by atoms with Crippen molar-refractivity contribution >= 4 is 35.1 Å². The van der Waals surface area contributed by atoms with Crippen molar-refractivity contribution in [3.63, 3.8) is 0 Å². The summed E-state index contributed by atoms with van der Waals surface area (Å²) in [5.41, 5.74) is 0.497. The van der Waals surface area contributed by atoms with Crippen LogP contribution in [0.2, 0.25) is 10.0 Å². The summed E-state index contributed by atoms with van der Waals surface area (Å²) in [6.45, 7) is 9.81. The summed E-state index contributed by atoms with van der Waals surface area (Å²) in [6, 6.07) is 5.00. The smallest absolute Gasteiger partial charge is 0.317 e. The molecule has 25 heavy (non-hydrogen) atoms. The largest absolute Gasteiger partial charge is 0.339 e. The van der Waals surface area contributed by atoms with Gasteiger partial charge in [0.15, 0.2) is 0 Å². The maximum Gasteiger partial charge on any atom is 0.317 e. The van der Waals surface area contributed by atoms with E-state index in [4.69, 9.17) is 23.2 Å². The number of urea groups is 1. The van der Waals surface area contributed by atoms with E-state index in [2.05, 4.69) is 5.32 Å². The fourth-order valence-corrected chi connectivity index (χ4v) is 3.04. The highest BCUT2D eigenvalue weighted by Gasteiger charge is 2.31. The van der Waals surface area contributed by atoms with Crippen LogP contribution in [-0.2, 0) is 4.79 Å². The van der Waals surface area contributed by atoms with Gasteiger partial charge in [-0.25, -0.2) is 4.79 Å². The Bertz CT molecular complexity index is 650. The van der Waals surface area contributed by atoms with Crippen LogP contribution >= 0.6 is 23.2 Å². The molecule has 1 aliphatic rings. The summed E-state index contributed by atoms with van der Waals surface area (Å²) >= 11 is 12.0. The number of benzene rings is 1. The first kappa shape index (κ1) is 19.9. The van der Waals surface area contributed by atoms with Gasteiger partial charge in [0.05, 0.1) is 16.1 Å². The van der Waals surface area contributed by atoms with Crippen molar-refractivity contribution in [1.82, 2.24) is 15.1 Å². The molecule has 1 N–H and O–H groups in total. The summed E-state index contributed by atoms with van der Waals surface area (Å²) in [5, 5.41) is 3.93. The van der Waals surface area contributed by atoms with Gasteiger partial charge in [0, 0.05) is 31.6 Å². The third kappa shape index (κ3) is 5.02. The Kier molecular flexibility index (Phi) is 6.22. The van der Waals surface area contributed by atoms with Crippen LogP contribution < -0.4 is 5.32 Å². The molecule has 1 aromatic carbocycles. The predicted molar refractivity (Wildman–Crippen MR) is 101 cm³/mol. The first-order valence-electron chi connectivity index (χ1n) is 8.39. The topological polar surface area (TPSA) is 52.7 Å². The fourth-order valence-electron chi connectivity index (χ4n) is 2.73. The van der Waals surface area contributed by atoms with Crippen molar-refractivity contribution in [3.8, 4) is 0 Å². The van der Waals surface area contributed by atoms with E-state index in [-0.39, 0.29) is 18.0 Å². The van der Waals surface area contributed by atoms with E-state index < -0.39 is 5.41 Å². The molecule has 0 saturated carbocycles. The highest BCUT2D eigenvalue weighted by molar-refractivity contribution is 6.42. The van der Waals surface area contributed by atoms with E-state index in [1.165, 1.54) is 0 Å². The zero-order valence-corrected chi connectivity index (χ0v) is 16.6. The number of carbonyl (C=O) groups is 2. The van der Waals surface area contributed by atoms with Crippen molar-refractivity contribution in [3.05, 3.63) is 33.8 Å². The zero-order valence-electron chi connectivity index (χ0n) is 15.1. The minimum absolute atomic E-state index is 0.122. The number of nitrogens with one attached hydrogen (secondary N) is 1. The van der Waals surface area contributed by atoms with Crippen LogP contribution in [0.25, 0.3) is 0 Å². The molecule has 3 amide bonds.